The number of benzene rings is 3. The quantitative estimate of drug-likeness (QED) is 0.367. The van der Waals surface area contributed by atoms with Crippen LogP contribution in [0.2, 0.25) is 0 Å². The van der Waals surface area contributed by atoms with Crippen molar-refractivity contribution in [3.8, 4) is 11.1 Å². The molecule has 4 aromatic rings. The second kappa shape index (κ2) is 6.63. The molecule has 2 radical (unpaired) electrons. The van der Waals surface area contributed by atoms with Gasteiger partial charge < -0.3 is 0 Å². The van der Waals surface area contributed by atoms with Crippen molar-refractivity contribution in [2.45, 2.75) is 39.5 Å². The van der Waals surface area contributed by atoms with Crippen LogP contribution in [0.5, 0.6) is 0 Å². The molecule has 2 heteroatoms. The first-order valence-corrected chi connectivity index (χ1v) is 10.2. The molecule has 0 fully saturated rings. The van der Waals surface area contributed by atoms with E-state index in [1.807, 2.05) is 12.1 Å². The van der Waals surface area contributed by atoms with Crippen molar-refractivity contribution in [2.75, 3.05) is 0 Å². The van der Waals surface area contributed by atoms with Crippen molar-refractivity contribution in [1.29, 1.82) is 0 Å². The van der Waals surface area contributed by atoms with Crippen molar-refractivity contribution in [3.05, 3.63) is 65.7 Å². The molecule has 0 amide bonds. The molecule has 3 aromatic carbocycles. The molecule has 0 atom stereocenters. The molecule has 1 heterocycles. The van der Waals surface area contributed by atoms with E-state index in [1.54, 1.807) is 0 Å². The van der Waals surface area contributed by atoms with Crippen LogP contribution in [-0.2, 0) is 0 Å². The van der Waals surface area contributed by atoms with E-state index in [2.05, 4.69) is 87.0 Å². The van der Waals surface area contributed by atoms with E-state index in [9.17, 15) is 0 Å². The standard InChI is InChI=1S/C24H23AsO/c1-14(2)20-11-17(12-21(15(3)4)24(20)25)16-9-10-19-18-7-5-6-8-22(18)26-23(19)13-16/h5-15H,1-4H3. The Morgan fingerprint density at radius 3 is 1.96 bits per heavy atom. The molecule has 4 rings (SSSR count). The van der Waals surface area contributed by atoms with Crippen LogP contribution in [0.3, 0.4) is 0 Å². The van der Waals surface area contributed by atoms with Crippen LogP contribution in [0.15, 0.2) is 59.0 Å². The summed E-state index contributed by atoms with van der Waals surface area (Å²) in [5, 5.41) is 2.36. The summed E-state index contributed by atoms with van der Waals surface area (Å²) in [5.41, 5.74) is 7.22. The molecule has 0 spiro atoms. The molecule has 1 aromatic heterocycles. The van der Waals surface area contributed by atoms with Crippen molar-refractivity contribution in [1.82, 2.24) is 0 Å². The molecule has 26 heavy (non-hydrogen) atoms. The van der Waals surface area contributed by atoms with Crippen molar-refractivity contribution in [3.63, 3.8) is 0 Å². The third-order valence-electron chi connectivity index (χ3n) is 5.12. The van der Waals surface area contributed by atoms with Gasteiger partial charge in [0, 0.05) is 0 Å². The number of furan rings is 1. The number of rotatable bonds is 3. The van der Waals surface area contributed by atoms with Gasteiger partial charge in [-0.05, 0) is 0 Å². The summed E-state index contributed by atoms with van der Waals surface area (Å²) >= 11 is 2.79. The van der Waals surface area contributed by atoms with E-state index in [-0.39, 0.29) is 0 Å². The van der Waals surface area contributed by atoms with Crippen LogP contribution < -0.4 is 4.35 Å². The fraction of sp³-hybridized carbons (Fsp3) is 0.250. The summed E-state index contributed by atoms with van der Waals surface area (Å²) in [6.45, 7) is 9.07. The average molecular weight is 402 g/mol. The van der Waals surface area contributed by atoms with Crippen LogP contribution in [0.25, 0.3) is 33.1 Å². The van der Waals surface area contributed by atoms with Gasteiger partial charge in [-0.1, -0.05) is 0 Å². The summed E-state index contributed by atoms with van der Waals surface area (Å²) in [4.78, 5) is 0. The Hall–Kier alpha value is -1.98. The Morgan fingerprint density at radius 2 is 1.31 bits per heavy atom. The number of para-hydroxylation sites is 1. The topological polar surface area (TPSA) is 13.1 Å². The maximum absolute atomic E-state index is 6.09. The van der Waals surface area contributed by atoms with Gasteiger partial charge in [-0.3, -0.25) is 0 Å². The van der Waals surface area contributed by atoms with E-state index in [1.165, 1.54) is 37.4 Å². The Kier molecular flexibility index (Phi) is 4.45. The van der Waals surface area contributed by atoms with Gasteiger partial charge >= 0.3 is 164 Å². The van der Waals surface area contributed by atoms with Gasteiger partial charge in [0.15, 0.2) is 0 Å². The van der Waals surface area contributed by atoms with Gasteiger partial charge in [0.25, 0.3) is 0 Å². The van der Waals surface area contributed by atoms with E-state index >= 15 is 0 Å². The molecule has 0 aliphatic heterocycles. The predicted octanol–water partition coefficient (Wildman–Crippen LogP) is 6.29. The van der Waals surface area contributed by atoms with Gasteiger partial charge in [-0.2, -0.15) is 0 Å². The van der Waals surface area contributed by atoms with Gasteiger partial charge in [-0.25, -0.2) is 0 Å². The zero-order chi connectivity index (χ0) is 18.4. The van der Waals surface area contributed by atoms with E-state index in [0.29, 0.717) is 11.8 Å². The SMILES string of the molecule is CC(C)c1cc(-c2ccc3c(c2)oc2ccccc23)cc(C(C)C)c1[As]. The molecule has 0 aliphatic rings. The minimum atomic E-state index is 0.500. The molecule has 130 valence electrons. The first-order valence-electron chi connectivity index (χ1n) is 9.24. The Labute approximate surface area is 163 Å². The van der Waals surface area contributed by atoms with E-state index in [4.69, 9.17) is 4.42 Å². The van der Waals surface area contributed by atoms with E-state index in [0.717, 1.165) is 11.2 Å². The summed E-state index contributed by atoms with van der Waals surface area (Å²) in [5.74, 6) is 1.00. The Bertz CT molecular complexity index is 1070. The molecule has 0 saturated carbocycles. The van der Waals surface area contributed by atoms with Gasteiger partial charge in [0.05, 0.1) is 0 Å². The molecule has 0 saturated heterocycles. The van der Waals surface area contributed by atoms with Crippen LogP contribution in [-0.4, -0.2) is 16.9 Å². The van der Waals surface area contributed by atoms with Crippen molar-refractivity contribution < 1.29 is 4.42 Å². The second-order valence-electron chi connectivity index (χ2n) is 7.62. The van der Waals surface area contributed by atoms with E-state index < -0.39 is 0 Å². The third kappa shape index (κ3) is 2.89. The fourth-order valence-corrected chi connectivity index (χ4v) is 4.99. The average Bonchev–Trinajstić information content (AvgIpc) is 2.99. The first-order chi connectivity index (χ1) is 12.5. The maximum atomic E-state index is 6.09. The first kappa shape index (κ1) is 17.4. The van der Waals surface area contributed by atoms with Crippen LogP contribution in [0.1, 0.15) is 50.7 Å². The number of hydrogen-bond donors (Lipinski definition) is 0. The van der Waals surface area contributed by atoms with Crippen molar-refractivity contribution in [2.24, 2.45) is 0 Å². The summed E-state index contributed by atoms with van der Waals surface area (Å²) in [6.07, 6.45) is 0. The minimum absolute atomic E-state index is 0.500. The van der Waals surface area contributed by atoms with Gasteiger partial charge in [-0.15, -0.1) is 0 Å². The molecule has 1 nitrogen and oxygen atoms in total. The molecule has 0 unspecified atom stereocenters. The molecule has 0 N–H and O–H groups in total. The summed E-state index contributed by atoms with van der Waals surface area (Å²) in [6, 6.07) is 19.5. The van der Waals surface area contributed by atoms with Crippen LogP contribution in [0.4, 0.5) is 0 Å². The number of fused-ring (bicyclic) bond motifs is 3. The Balaban J connectivity index is 1.93. The normalized spacial score (nSPS) is 12.0. The fourth-order valence-electron chi connectivity index (χ4n) is 3.63. The van der Waals surface area contributed by atoms with Gasteiger partial charge in [0.1, 0.15) is 0 Å². The van der Waals surface area contributed by atoms with Crippen LogP contribution >= 0.6 is 0 Å². The number of hydrogen-bond acceptors (Lipinski definition) is 1. The summed E-state index contributed by atoms with van der Waals surface area (Å²) < 4.78 is 7.46. The van der Waals surface area contributed by atoms with Crippen LogP contribution in [0, 0.1) is 0 Å². The molecular formula is C24H23AsO. The second-order valence-corrected chi connectivity index (χ2v) is 8.56. The third-order valence-corrected chi connectivity index (χ3v) is 6.21. The monoisotopic (exact) mass is 402 g/mol. The predicted molar refractivity (Wildman–Crippen MR) is 113 cm³/mol. The Morgan fingerprint density at radius 1 is 0.692 bits per heavy atom. The molecular weight excluding hydrogens is 379 g/mol. The zero-order valence-corrected chi connectivity index (χ0v) is 17.6. The molecule has 0 aliphatic carbocycles. The summed E-state index contributed by atoms with van der Waals surface area (Å²) in [7, 11) is 0. The molecule has 0 bridgehead atoms. The van der Waals surface area contributed by atoms with Crippen molar-refractivity contribution >= 4 is 43.1 Å². The zero-order valence-electron chi connectivity index (χ0n) is 15.7. The van der Waals surface area contributed by atoms with Gasteiger partial charge in [0.2, 0.25) is 0 Å².